The number of nitrogens with zero attached hydrogens (tertiary/aromatic N) is 1. The summed E-state index contributed by atoms with van der Waals surface area (Å²) in [7, 11) is 1.71. The number of aromatic nitrogens is 1. The van der Waals surface area contributed by atoms with Crippen LogP contribution in [-0.2, 0) is 0 Å². The van der Waals surface area contributed by atoms with Crippen LogP contribution in [-0.4, -0.2) is 12.0 Å². The summed E-state index contributed by atoms with van der Waals surface area (Å²) in [5.74, 6) is 2.76. The Kier molecular flexibility index (Phi) is 1.41. The van der Waals surface area contributed by atoms with Crippen molar-refractivity contribution in [2.24, 2.45) is 0 Å². The van der Waals surface area contributed by atoms with E-state index in [1.807, 2.05) is 0 Å². The minimum atomic E-state index is 0.444. The molecule has 0 radical (unpaired) electrons. The standard InChI is InChI=1S/C6H6N2O/c1-3-5-4-8-6(7-2)9-5/h1,4H,2H3,(H,7,8). The maximum atomic E-state index is 5.01. The number of hydrogen-bond acceptors (Lipinski definition) is 3. The third kappa shape index (κ3) is 1.03. The maximum Gasteiger partial charge on any atom is 0.295 e. The molecule has 0 spiro atoms. The first-order valence-electron chi connectivity index (χ1n) is 2.47. The molecule has 0 aromatic carbocycles. The van der Waals surface area contributed by atoms with Gasteiger partial charge in [0, 0.05) is 7.05 Å². The topological polar surface area (TPSA) is 38.1 Å². The summed E-state index contributed by atoms with van der Waals surface area (Å²) in [6, 6.07) is 0.447. The molecule has 0 aliphatic carbocycles. The highest BCUT2D eigenvalue weighted by Crippen LogP contribution is 2.04. The highest BCUT2D eigenvalue weighted by Gasteiger charge is 1.95. The van der Waals surface area contributed by atoms with Gasteiger partial charge in [0.2, 0.25) is 0 Å². The Labute approximate surface area is 53.1 Å². The Morgan fingerprint density at radius 1 is 1.89 bits per heavy atom. The first-order valence-corrected chi connectivity index (χ1v) is 2.47. The molecule has 1 aromatic rings. The van der Waals surface area contributed by atoms with Gasteiger partial charge in [-0.1, -0.05) is 0 Å². The number of terminal acetylenes is 1. The SMILES string of the molecule is C#Cc1cnc(NC)o1. The molecule has 0 unspecified atom stereocenters. The van der Waals surface area contributed by atoms with Crippen LogP contribution in [0.15, 0.2) is 10.6 Å². The molecule has 0 bridgehead atoms. The van der Waals surface area contributed by atoms with Crippen molar-refractivity contribution in [1.29, 1.82) is 0 Å². The maximum absolute atomic E-state index is 5.01. The van der Waals surface area contributed by atoms with Crippen LogP contribution in [0.5, 0.6) is 0 Å². The summed E-state index contributed by atoms with van der Waals surface area (Å²) in [4.78, 5) is 3.79. The minimum Gasteiger partial charge on any atom is -0.415 e. The number of nitrogens with one attached hydrogen (secondary N) is 1. The Hall–Kier alpha value is -1.43. The van der Waals surface area contributed by atoms with Crippen LogP contribution < -0.4 is 5.32 Å². The fraction of sp³-hybridized carbons (Fsp3) is 0.167. The monoisotopic (exact) mass is 122 g/mol. The van der Waals surface area contributed by atoms with Crippen LogP contribution in [0.25, 0.3) is 0 Å². The van der Waals surface area contributed by atoms with Gasteiger partial charge in [0.05, 0.1) is 6.20 Å². The second-order valence-electron chi connectivity index (χ2n) is 1.42. The lowest BCUT2D eigenvalue weighted by Gasteiger charge is -1.84. The molecule has 1 N–H and O–H groups in total. The van der Waals surface area contributed by atoms with Gasteiger partial charge in [-0.2, -0.15) is 0 Å². The predicted molar refractivity (Wildman–Crippen MR) is 34.0 cm³/mol. The van der Waals surface area contributed by atoms with Crippen LogP contribution in [0.1, 0.15) is 5.76 Å². The third-order valence-electron chi connectivity index (χ3n) is 0.862. The summed E-state index contributed by atoms with van der Waals surface area (Å²) in [5.41, 5.74) is 0. The number of rotatable bonds is 1. The second kappa shape index (κ2) is 2.23. The normalized spacial score (nSPS) is 8.44. The van der Waals surface area contributed by atoms with Crippen molar-refractivity contribution < 1.29 is 4.42 Å². The Morgan fingerprint density at radius 3 is 3.00 bits per heavy atom. The summed E-state index contributed by atoms with van der Waals surface area (Å²) in [6.07, 6.45) is 6.50. The van der Waals surface area contributed by atoms with Gasteiger partial charge in [-0.05, 0) is 5.92 Å². The molecule has 46 valence electrons. The number of hydrogen-bond donors (Lipinski definition) is 1. The van der Waals surface area contributed by atoms with E-state index in [0.29, 0.717) is 11.8 Å². The highest BCUT2D eigenvalue weighted by molar-refractivity contribution is 5.26. The first kappa shape index (κ1) is 5.70. The largest absolute Gasteiger partial charge is 0.415 e. The van der Waals surface area contributed by atoms with Gasteiger partial charge >= 0.3 is 0 Å². The van der Waals surface area contributed by atoms with Crippen molar-refractivity contribution in [2.75, 3.05) is 12.4 Å². The molecule has 1 aromatic heterocycles. The molecule has 0 aliphatic rings. The molecular formula is C6H6N2O. The zero-order chi connectivity index (χ0) is 6.69. The van der Waals surface area contributed by atoms with E-state index in [4.69, 9.17) is 10.8 Å². The average Bonchev–Trinajstić information content (AvgIpc) is 2.34. The zero-order valence-corrected chi connectivity index (χ0v) is 5.01. The summed E-state index contributed by atoms with van der Waals surface area (Å²) in [6.45, 7) is 0. The van der Waals surface area contributed by atoms with E-state index in [9.17, 15) is 0 Å². The van der Waals surface area contributed by atoms with E-state index in [2.05, 4.69) is 16.2 Å². The smallest absolute Gasteiger partial charge is 0.295 e. The van der Waals surface area contributed by atoms with Crippen LogP contribution in [0.2, 0.25) is 0 Å². The van der Waals surface area contributed by atoms with E-state index in [-0.39, 0.29) is 0 Å². The fourth-order valence-electron chi connectivity index (χ4n) is 0.456. The van der Waals surface area contributed by atoms with Crippen LogP contribution in [0, 0.1) is 12.3 Å². The van der Waals surface area contributed by atoms with Gasteiger partial charge < -0.3 is 9.73 Å². The Balaban J connectivity index is 2.90. The van der Waals surface area contributed by atoms with Gasteiger partial charge in [-0.15, -0.1) is 6.42 Å². The lowest BCUT2D eigenvalue weighted by molar-refractivity contribution is 0.563. The van der Waals surface area contributed by atoms with E-state index in [1.54, 1.807) is 7.05 Å². The van der Waals surface area contributed by atoms with Crippen molar-refractivity contribution in [3.8, 4) is 12.3 Å². The van der Waals surface area contributed by atoms with Crippen LogP contribution in [0.4, 0.5) is 6.01 Å². The van der Waals surface area contributed by atoms with Gasteiger partial charge in [-0.25, -0.2) is 4.98 Å². The van der Waals surface area contributed by atoms with Crippen molar-refractivity contribution in [2.45, 2.75) is 0 Å². The molecule has 0 amide bonds. The number of oxazole rings is 1. The molecule has 0 saturated carbocycles. The quantitative estimate of drug-likeness (QED) is 0.557. The van der Waals surface area contributed by atoms with E-state index >= 15 is 0 Å². The molecular weight excluding hydrogens is 116 g/mol. The Morgan fingerprint density at radius 2 is 2.67 bits per heavy atom. The van der Waals surface area contributed by atoms with E-state index in [1.165, 1.54) is 6.20 Å². The lowest BCUT2D eigenvalue weighted by Crippen LogP contribution is -1.84. The second-order valence-corrected chi connectivity index (χ2v) is 1.42. The van der Waals surface area contributed by atoms with Crippen LogP contribution in [0.3, 0.4) is 0 Å². The van der Waals surface area contributed by atoms with E-state index in [0.717, 1.165) is 0 Å². The van der Waals surface area contributed by atoms with Crippen molar-refractivity contribution >= 4 is 6.01 Å². The van der Waals surface area contributed by atoms with Gasteiger partial charge in [0.15, 0.2) is 5.76 Å². The van der Waals surface area contributed by atoms with Crippen molar-refractivity contribution in [3.05, 3.63) is 12.0 Å². The van der Waals surface area contributed by atoms with Gasteiger partial charge in [-0.3, -0.25) is 0 Å². The van der Waals surface area contributed by atoms with E-state index < -0.39 is 0 Å². The lowest BCUT2D eigenvalue weighted by atomic mass is 10.6. The molecule has 0 atom stereocenters. The van der Waals surface area contributed by atoms with Gasteiger partial charge in [0.25, 0.3) is 6.01 Å². The first-order chi connectivity index (χ1) is 4.36. The average molecular weight is 122 g/mol. The van der Waals surface area contributed by atoms with Crippen LogP contribution >= 0.6 is 0 Å². The molecule has 0 aliphatic heterocycles. The van der Waals surface area contributed by atoms with Crippen molar-refractivity contribution in [1.82, 2.24) is 4.98 Å². The van der Waals surface area contributed by atoms with Crippen molar-refractivity contribution in [3.63, 3.8) is 0 Å². The summed E-state index contributed by atoms with van der Waals surface area (Å²) in [5, 5.41) is 2.71. The van der Waals surface area contributed by atoms with Gasteiger partial charge in [0.1, 0.15) is 0 Å². The molecule has 0 saturated heterocycles. The molecule has 9 heavy (non-hydrogen) atoms. The third-order valence-corrected chi connectivity index (χ3v) is 0.862. The number of anilines is 1. The molecule has 1 rings (SSSR count). The molecule has 0 fully saturated rings. The summed E-state index contributed by atoms with van der Waals surface area (Å²) < 4.78 is 4.92. The fourth-order valence-corrected chi connectivity index (χ4v) is 0.456. The molecule has 3 heteroatoms. The Bertz CT molecular complexity index is 233. The predicted octanol–water partition coefficient (Wildman–Crippen LogP) is 0.698. The molecule has 1 heterocycles. The highest BCUT2D eigenvalue weighted by atomic mass is 16.4. The molecule has 3 nitrogen and oxygen atoms in total. The summed E-state index contributed by atoms with van der Waals surface area (Å²) >= 11 is 0. The zero-order valence-electron chi connectivity index (χ0n) is 5.01. The minimum absolute atomic E-state index is 0.444.